The van der Waals surface area contributed by atoms with E-state index in [0.29, 0.717) is 24.5 Å². The highest BCUT2D eigenvalue weighted by Crippen LogP contribution is 2.21. The molecular formula is C16H23N5O2S. The summed E-state index contributed by atoms with van der Waals surface area (Å²) in [6, 6.07) is 6.97. The molecule has 0 aliphatic carbocycles. The first kappa shape index (κ1) is 16.9. The molecule has 2 aromatic rings. The highest BCUT2D eigenvalue weighted by Gasteiger charge is 2.26. The Bertz CT molecular complexity index is 761. The lowest BCUT2D eigenvalue weighted by Gasteiger charge is -2.20. The second-order valence-electron chi connectivity index (χ2n) is 5.98. The maximum absolute atomic E-state index is 12.9. The molecule has 2 N–H and O–H groups in total. The molecule has 24 heavy (non-hydrogen) atoms. The normalized spacial score (nSPS) is 17.5. The fraction of sp³-hybridized carbons (Fsp3) is 0.438. The van der Waals surface area contributed by atoms with E-state index in [9.17, 15) is 8.42 Å². The predicted molar refractivity (Wildman–Crippen MR) is 93.2 cm³/mol. The van der Waals surface area contributed by atoms with Crippen LogP contribution in [0.5, 0.6) is 0 Å². The summed E-state index contributed by atoms with van der Waals surface area (Å²) in [5.74, 6) is 0.804. The summed E-state index contributed by atoms with van der Waals surface area (Å²) in [7, 11) is -1.44. The first-order chi connectivity index (χ1) is 11.6. The van der Waals surface area contributed by atoms with Crippen molar-refractivity contribution in [2.75, 3.05) is 38.5 Å². The summed E-state index contributed by atoms with van der Waals surface area (Å²) in [6.07, 6.45) is 4.30. The first-order valence-corrected chi connectivity index (χ1v) is 9.50. The van der Waals surface area contributed by atoms with Crippen LogP contribution < -0.4 is 5.32 Å². The highest BCUT2D eigenvalue weighted by atomic mass is 32.2. The van der Waals surface area contributed by atoms with E-state index in [-0.39, 0.29) is 0 Å². The largest absolute Gasteiger partial charge is 0.378 e. The summed E-state index contributed by atoms with van der Waals surface area (Å²) < 4.78 is 27.4. The van der Waals surface area contributed by atoms with Crippen LogP contribution in [0.15, 0.2) is 41.6 Å². The lowest BCUT2D eigenvalue weighted by Crippen LogP contribution is -2.34. The van der Waals surface area contributed by atoms with Gasteiger partial charge in [-0.3, -0.25) is 0 Å². The summed E-state index contributed by atoms with van der Waals surface area (Å²) in [5, 5.41) is 3.20. The smallest absolute Gasteiger partial charge is 0.243 e. The summed E-state index contributed by atoms with van der Waals surface area (Å²) in [4.78, 5) is 9.65. The van der Waals surface area contributed by atoms with Crippen LogP contribution in [-0.2, 0) is 16.6 Å². The van der Waals surface area contributed by atoms with Gasteiger partial charge in [-0.25, -0.2) is 13.4 Å². The number of benzene rings is 1. The van der Waals surface area contributed by atoms with Gasteiger partial charge in [0.05, 0.1) is 11.4 Å². The van der Waals surface area contributed by atoms with Gasteiger partial charge in [0, 0.05) is 37.7 Å². The topological polar surface area (TPSA) is 81.3 Å². The van der Waals surface area contributed by atoms with Crippen molar-refractivity contribution in [3.63, 3.8) is 0 Å². The van der Waals surface area contributed by atoms with E-state index < -0.39 is 10.0 Å². The molecule has 0 radical (unpaired) electrons. The van der Waals surface area contributed by atoms with Gasteiger partial charge in [0.2, 0.25) is 10.0 Å². The Hall–Kier alpha value is -1.90. The SMILES string of the molecule is CN1CCCN(S(=O)(=O)c2cccc(NCc3ncc[nH]3)c2)CC1. The van der Waals surface area contributed by atoms with E-state index in [1.165, 1.54) is 0 Å². The molecule has 3 rings (SSSR count). The Morgan fingerprint density at radius 3 is 2.92 bits per heavy atom. The Morgan fingerprint density at radius 1 is 1.25 bits per heavy atom. The van der Waals surface area contributed by atoms with Crippen molar-refractivity contribution in [1.29, 1.82) is 0 Å². The standard InChI is InChI=1S/C16H23N5O2S/c1-20-8-3-9-21(11-10-20)24(22,23)15-5-2-4-14(12-15)19-13-16-17-6-7-18-16/h2,4-7,12,19H,3,8-11,13H2,1H3,(H,17,18). The molecule has 0 spiro atoms. The van der Waals surface area contributed by atoms with E-state index >= 15 is 0 Å². The quantitative estimate of drug-likeness (QED) is 0.852. The van der Waals surface area contributed by atoms with Gasteiger partial charge in [-0.15, -0.1) is 0 Å². The molecule has 1 aliphatic heterocycles. The van der Waals surface area contributed by atoms with Crippen LogP contribution in [0.2, 0.25) is 0 Å². The fourth-order valence-corrected chi connectivity index (χ4v) is 4.28. The number of hydrogen-bond acceptors (Lipinski definition) is 5. The fourth-order valence-electron chi connectivity index (χ4n) is 2.76. The number of likely N-dealkylation sites (N-methyl/N-ethyl adjacent to an activating group) is 1. The van der Waals surface area contributed by atoms with E-state index in [0.717, 1.165) is 31.0 Å². The lowest BCUT2D eigenvalue weighted by atomic mass is 10.3. The number of anilines is 1. The van der Waals surface area contributed by atoms with Crippen molar-refractivity contribution in [2.24, 2.45) is 0 Å². The summed E-state index contributed by atoms with van der Waals surface area (Å²) in [6.45, 7) is 3.30. The molecule has 0 amide bonds. The van der Waals surface area contributed by atoms with Crippen LogP contribution >= 0.6 is 0 Å². The molecule has 1 aromatic heterocycles. The third-order valence-corrected chi connectivity index (χ3v) is 6.06. The molecule has 0 saturated carbocycles. The van der Waals surface area contributed by atoms with Gasteiger partial charge in [0.1, 0.15) is 5.82 Å². The average Bonchev–Trinajstić information content (AvgIpc) is 3.00. The second kappa shape index (κ2) is 7.33. The Kier molecular flexibility index (Phi) is 5.17. The second-order valence-corrected chi connectivity index (χ2v) is 7.92. The van der Waals surface area contributed by atoms with Gasteiger partial charge in [0.25, 0.3) is 0 Å². The molecule has 130 valence electrons. The monoisotopic (exact) mass is 349 g/mol. The van der Waals surface area contributed by atoms with E-state index in [2.05, 4.69) is 20.2 Å². The number of H-pyrrole nitrogens is 1. The molecule has 7 nitrogen and oxygen atoms in total. The predicted octanol–water partition coefficient (Wildman–Crippen LogP) is 1.35. The van der Waals surface area contributed by atoms with Crippen LogP contribution in [0.1, 0.15) is 12.2 Å². The third kappa shape index (κ3) is 3.95. The number of aromatic nitrogens is 2. The van der Waals surface area contributed by atoms with Crippen molar-refractivity contribution in [3.05, 3.63) is 42.5 Å². The number of sulfonamides is 1. The number of imidazole rings is 1. The van der Waals surface area contributed by atoms with Crippen LogP contribution in [0, 0.1) is 0 Å². The van der Waals surface area contributed by atoms with Crippen LogP contribution in [0.25, 0.3) is 0 Å². The van der Waals surface area contributed by atoms with E-state index in [4.69, 9.17) is 0 Å². The molecule has 0 bridgehead atoms. The number of hydrogen-bond donors (Lipinski definition) is 2. The van der Waals surface area contributed by atoms with Crippen molar-refractivity contribution < 1.29 is 8.42 Å². The maximum atomic E-state index is 12.9. The van der Waals surface area contributed by atoms with Crippen molar-refractivity contribution in [1.82, 2.24) is 19.2 Å². The third-order valence-electron chi connectivity index (χ3n) is 4.17. The number of nitrogens with one attached hydrogen (secondary N) is 2. The zero-order valence-corrected chi connectivity index (χ0v) is 14.6. The molecule has 0 atom stereocenters. The molecule has 1 aromatic carbocycles. The minimum atomic E-state index is -3.46. The zero-order chi connectivity index (χ0) is 17.0. The Morgan fingerprint density at radius 2 is 2.12 bits per heavy atom. The minimum Gasteiger partial charge on any atom is -0.378 e. The van der Waals surface area contributed by atoms with Crippen molar-refractivity contribution >= 4 is 15.7 Å². The molecule has 1 aliphatic rings. The van der Waals surface area contributed by atoms with Gasteiger partial charge in [-0.1, -0.05) is 6.07 Å². The maximum Gasteiger partial charge on any atom is 0.243 e. The Labute approximate surface area is 142 Å². The van der Waals surface area contributed by atoms with Gasteiger partial charge >= 0.3 is 0 Å². The molecule has 1 fully saturated rings. The van der Waals surface area contributed by atoms with Crippen molar-refractivity contribution in [3.8, 4) is 0 Å². The average molecular weight is 349 g/mol. The van der Waals surface area contributed by atoms with Gasteiger partial charge < -0.3 is 15.2 Å². The lowest BCUT2D eigenvalue weighted by molar-refractivity contribution is 0.347. The van der Waals surface area contributed by atoms with Crippen molar-refractivity contribution in [2.45, 2.75) is 17.9 Å². The minimum absolute atomic E-state index is 0.330. The van der Waals surface area contributed by atoms with E-state index in [1.54, 1.807) is 34.9 Å². The Balaban J connectivity index is 1.74. The number of nitrogens with zero attached hydrogens (tertiary/aromatic N) is 3. The molecule has 1 saturated heterocycles. The summed E-state index contributed by atoms with van der Waals surface area (Å²) in [5.41, 5.74) is 0.763. The summed E-state index contributed by atoms with van der Waals surface area (Å²) >= 11 is 0. The first-order valence-electron chi connectivity index (χ1n) is 8.06. The molecule has 8 heteroatoms. The van der Waals surface area contributed by atoms with Crippen LogP contribution in [0.4, 0.5) is 5.69 Å². The van der Waals surface area contributed by atoms with Gasteiger partial charge in [-0.05, 0) is 38.2 Å². The molecule has 0 unspecified atom stereocenters. The van der Waals surface area contributed by atoms with E-state index in [1.807, 2.05) is 13.1 Å². The highest BCUT2D eigenvalue weighted by molar-refractivity contribution is 7.89. The van der Waals surface area contributed by atoms with Gasteiger partial charge in [-0.2, -0.15) is 4.31 Å². The zero-order valence-electron chi connectivity index (χ0n) is 13.8. The molecule has 2 heterocycles. The van der Waals surface area contributed by atoms with Gasteiger partial charge in [0.15, 0.2) is 0 Å². The van der Waals surface area contributed by atoms with Crippen LogP contribution in [0.3, 0.4) is 0 Å². The molecular weight excluding hydrogens is 326 g/mol. The number of aromatic amines is 1. The number of rotatable bonds is 5. The van der Waals surface area contributed by atoms with Crippen LogP contribution in [-0.4, -0.2) is 60.8 Å².